The van der Waals surface area contributed by atoms with E-state index < -0.39 is 0 Å². The summed E-state index contributed by atoms with van der Waals surface area (Å²) >= 11 is 3.74. The zero-order valence-corrected chi connectivity index (χ0v) is 36.4. The van der Waals surface area contributed by atoms with Gasteiger partial charge in [0.1, 0.15) is 0 Å². The summed E-state index contributed by atoms with van der Waals surface area (Å²) < 4.78 is 7.63. The Bertz CT molecular complexity index is 3270. The molecule has 0 spiro atoms. The number of anilines is 1. The maximum atomic E-state index is 6.59. The number of nitrogens with one attached hydrogen (secondary N) is 1. The van der Waals surface area contributed by atoms with Crippen molar-refractivity contribution in [1.29, 1.82) is 0 Å². The van der Waals surface area contributed by atoms with Crippen LogP contribution in [0.3, 0.4) is 0 Å². The third kappa shape index (κ3) is 6.90. The maximum Gasteiger partial charge on any atom is 2.00 e. The van der Waals surface area contributed by atoms with Crippen LogP contribution in [-0.4, -0.2) is 22.6 Å². The summed E-state index contributed by atoms with van der Waals surface area (Å²) in [5.41, 5.74) is 18.2. The van der Waals surface area contributed by atoms with Gasteiger partial charge in [0.2, 0.25) is 0 Å². The van der Waals surface area contributed by atoms with E-state index in [1.165, 1.54) is 5.56 Å². The molecule has 8 aromatic rings. The molecule has 6 nitrogen and oxygen atoms in total. The minimum absolute atomic E-state index is 0. The topological polar surface area (TPSA) is 75.2 Å². The van der Waals surface area contributed by atoms with Crippen LogP contribution in [0.25, 0.3) is 90.4 Å². The Morgan fingerprint density at radius 2 is 1.02 bits per heavy atom. The molecule has 0 unspecified atom stereocenters. The van der Waals surface area contributed by atoms with Crippen LogP contribution >= 0.6 is 15.9 Å². The zero-order chi connectivity index (χ0) is 41.1. The van der Waals surface area contributed by atoms with Crippen LogP contribution in [0.1, 0.15) is 40.9 Å². The van der Waals surface area contributed by atoms with Crippen LogP contribution in [0.5, 0.6) is 0 Å². The molecule has 8 bridgehead atoms. The van der Waals surface area contributed by atoms with Crippen LogP contribution in [0.2, 0.25) is 0 Å². The molecule has 63 heavy (non-hydrogen) atoms. The minimum atomic E-state index is -0.0982. The summed E-state index contributed by atoms with van der Waals surface area (Å²) in [5.74, 6) is 0.171. The van der Waals surface area contributed by atoms with E-state index in [1.807, 2.05) is 12.1 Å². The molecule has 7 heterocycles. The molecular formula is C55H38BrN5NiO. The minimum Gasteiger partial charge on any atom is -0.657 e. The van der Waals surface area contributed by atoms with Gasteiger partial charge in [-0.2, -0.15) is 0 Å². The number of hydrogen-bond acceptors (Lipinski definition) is 4. The van der Waals surface area contributed by atoms with E-state index in [-0.39, 0.29) is 34.6 Å². The third-order valence-corrected chi connectivity index (χ3v) is 13.0. The van der Waals surface area contributed by atoms with Crippen LogP contribution in [0.15, 0.2) is 168 Å². The van der Waals surface area contributed by atoms with Crippen molar-refractivity contribution in [3.63, 3.8) is 0 Å². The van der Waals surface area contributed by atoms with Crippen molar-refractivity contribution in [3.05, 3.63) is 197 Å². The molecule has 12 rings (SSSR count). The fourth-order valence-corrected chi connectivity index (χ4v) is 10.2. The number of benzene rings is 5. The SMILES string of the molecule is Brc1ccc2c(c1)[C@@H]1OCC[C@@H]1[C@H](C1=Cc3nc1c(-c1ccccc1)c1ccc([n-]1)c(-c1ccccc1)c1nc(c(-c4ccccc4)c4ccc([n-]4)c3-c3ccccc3)C=C1)N2.[Ni+2]. The number of aromatic nitrogens is 4. The maximum absolute atomic E-state index is 6.59. The van der Waals surface area contributed by atoms with Gasteiger partial charge in [-0.15, -0.1) is 22.1 Å². The second kappa shape index (κ2) is 16.3. The van der Waals surface area contributed by atoms with Gasteiger partial charge in [-0.1, -0.05) is 162 Å². The molecule has 0 amide bonds. The smallest absolute Gasteiger partial charge is 0.657 e. The Morgan fingerprint density at radius 3 is 1.54 bits per heavy atom. The average Bonchev–Trinajstić information content (AvgIpc) is 4.19. The monoisotopic (exact) mass is 921 g/mol. The van der Waals surface area contributed by atoms with E-state index in [9.17, 15) is 0 Å². The van der Waals surface area contributed by atoms with Gasteiger partial charge in [-0.3, -0.25) is 0 Å². The van der Waals surface area contributed by atoms with E-state index in [2.05, 4.69) is 191 Å². The first-order valence-corrected chi connectivity index (χ1v) is 21.9. The average molecular weight is 924 g/mol. The predicted molar refractivity (Wildman–Crippen MR) is 256 cm³/mol. The van der Waals surface area contributed by atoms with Crippen molar-refractivity contribution in [1.82, 2.24) is 19.9 Å². The first-order chi connectivity index (χ1) is 30.6. The summed E-state index contributed by atoms with van der Waals surface area (Å²) in [6, 6.07) is 57.0. The van der Waals surface area contributed by atoms with Crippen LogP contribution in [0.4, 0.5) is 5.69 Å². The summed E-state index contributed by atoms with van der Waals surface area (Å²) in [6.07, 6.45) is 7.40. The Morgan fingerprint density at radius 1 is 0.540 bits per heavy atom. The Balaban J connectivity index is 0.00000444. The standard InChI is InChI=1S/C55H38BrN5O.Ni/c56-37-21-22-41-39(31-37)55-38(29-30-62-55)53(60-41)40-32-48-51(35-17-9-3-10-18-35)46-26-25-44(58-46)49(33-13-5-1-6-14-33)42-23-24-43(57-42)50(34-15-7-2-8-16-34)45-27-28-47(59-45)52(54(40)61-48)36-19-11-4-12-20-36;/h1-28,31-32,38,53,55,60H,29-30H2;/q-2;+2/t38-,53-,55-;/m1./s1. The molecule has 4 aliphatic rings. The van der Waals surface area contributed by atoms with Crippen molar-refractivity contribution >= 4 is 67.5 Å². The number of rotatable bonds is 5. The molecule has 1 saturated heterocycles. The van der Waals surface area contributed by atoms with Crippen molar-refractivity contribution in [2.75, 3.05) is 11.9 Å². The number of hydrogen-bond donors (Lipinski definition) is 1. The molecule has 1 N–H and O–H groups in total. The fourth-order valence-electron chi connectivity index (χ4n) is 9.78. The number of nitrogens with zero attached hydrogens (tertiary/aromatic N) is 4. The third-order valence-electron chi connectivity index (χ3n) is 12.5. The summed E-state index contributed by atoms with van der Waals surface area (Å²) in [4.78, 5) is 22.3. The largest absolute Gasteiger partial charge is 2.00 e. The van der Waals surface area contributed by atoms with Gasteiger partial charge in [0, 0.05) is 33.8 Å². The second-order valence-corrected chi connectivity index (χ2v) is 17.1. The predicted octanol–water partition coefficient (Wildman–Crippen LogP) is 13.3. The van der Waals surface area contributed by atoms with E-state index in [0.717, 1.165) is 112 Å². The van der Waals surface area contributed by atoms with E-state index in [1.54, 1.807) is 0 Å². The molecule has 8 heteroatoms. The second-order valence-electron chi connectivity index (χ2n) is 16.2. The van der Waals surface area contributed by atoms with Crippen molar-refractivity contribution in [3.8, 4) is 44.5 Å². The summed E-state index contributed by atoms with van der Waals surface area (Å²) in [5, 5.41) is 4.03. The van der Waals surface area contributed by atoms with Crippen molar-refractivity contribution in [2.24, 2.45) is 5.92 Å². The van der Waals surface area contributed by atoms with Gasteiger partial charge < -0.3 is 20.0 Å². The number of ether oxygens (including phenoxy) is 1. The molecule has 3 atom stereocenters. The van der Waals surface area contributed by atoms with E-state index in [0.29, 0.717) is 6.61 Å². The van der Waals surface area contributed by atoms with Gasteiger partial charge in [0.25, 0.3) is 0 Å². The fraction of sp³-hybridized carbons (Fsp3) is 0.0909. The molecule has 4 aliphatic heterocycles. The van der Waals surface area contributed by atoms with Crippen LogP contribution < -0.4 is 15.3 Å². The molecule has 0 radical (unpaired) electrons. The van der Waals surface area contributed by atoms with E-state index >= 15 is 0 Å². The Kier molecular flexibility index (Phi) is 10.2. The van der Waals surface area contributed by atoms with Crippen LogP contribution in [-0.2, 0) is 21.2 Å². The molecule has 0 aliphatic carbocycles. The molecule has 5 aromatic carbocycles. The number of fused-ring (bicyclic) bond motifs is 11. The number of halogens is 1. The molecule has 1 fully saturated rings. The first kappa shape index (κ1) is 39.3. The van der Waals surface area contributed by atoms with Gasteiger partial charge >= 0.3 is 16.5 Å². The van der Waals surface area contributed by atoms with Gasteiger partial charge in [0.05, 0.1) is 34.9 Å². The first-order valence-electron chi connectivity index (χ1n) is 21.1. The van der Waals surface area contributed by atoms with Crippen molar-refractivity contribution < 1.29 is 21.2 Å². The quantitative estimate of drug-likeness (QED) is 0.173. The molecule has 306 valence electrons. The van der Waals surface area contributed by atoms with Gasteiger partial charge in [0.15, 0.2) is 0 Å². The normalized spacial score (nSPS) is 17.3. The Labute approximate surface area is 383 Å². The van der Waals surface area contributed by atoms with Gasteiger partial charge in [-0.05, 0) is 87.4 Å². The van der Waals surface area contributed by atoms with Crippen molar-refractivity contribution in [2.45, 2.75) is 18.6 Å². The molecule has 0 saturated carbocycles. The zero-order valence-electron chi connectivity index (χ0n) is 33.9. The van der Waals surface area contributed by atoms with E-state index in [4.69, 9.17) is 24.7 Å². The Hall–Kier alpha value is -6.57. The summed E-state index contributed by atoms with van der Waals surface area (Å²) in [7, 11) is 0. The van der Waals surface area contributed by atoms with Gasteiger partial charge in [-0.25, -0.2) is 9.97 Å². The van der Waals surface area contributed by atoms with Crippen LogP contribution in [0, 0.1) is 5.92 Å². The molecular weight excluding hydrogens is 885 g/mol. The summed E-state index contributed by atoms with van der Waals surface area (Å²) in [6.45, 7) is 0.691. The molecule has 3 aromatic heterocycles.